The molecule has 0 spiro atoms. The van der Waals surface area contributed by atoms with Gasteiger partial charge in [0.05, 0.1) is 19.1 Å². The number of amides is 2. The van der Waals surface area contributed by atoms with E-state index in [2.05, 4.69) is 15.6 Å². The van der Waals surface area contributed by atoms with Crippen molar-refractivity contribution >= 4 is 21.7 Å². The molecule has 0 fully saturated rings. The van der Waals surface area contributed by atoms with E-state index in [1.807, 2.05) is 0 Å². The quantitative estimate of drug-likeness (QED) is 0.706. The van der Waals surface area contributed by atoms with Crippen molar-refractivity contribution in [2.75, 3.05) is 26.6 Å². The van der Waals surface area contributed by atoms with Gasteiger partial charge in [0, 0.05) is 31.5 Å². The molecule has 0 saturated carbocycles. The first-order chi connectivity index (χ1) is 12.4. The smallest absolute Gasteiger partial charge is 0.319 e. The number of nitrogens with one attached hydrogen (secondary N) is 2. The molecule has 2 rings (SSSR count). The maximum atomic E-state index is 12.1. The summed E-state index contributed by atoms with van der Waals surface area (Å²) >= 11 is 0. The number of pyridine rings is 1. The fraction of sp³-hybridized carbons (Fsp3) is 0.250. The second-order valence-electron chi connectivity index (χ2n) is 5.14. The van der Waals surface area contributed by atoms with Crippen LogP contribution >= 0.6 is 0 Å². The van der Waals surface area contributed by atoms with Crippen LogP contribution in [0.2, 0.25) is 0 Å². The summed E-state index contributed by atoms with van der Waals surface area (Å²) in [6.45, 7) is 0.288. The summed E-state index contributed by atoms with van der Waals surface area (Å²) in [6, 6.07) is 8.80. The van der Waals surface area contributed by atoms with Crippen molar-refractivity contribution in [3.63, 3.8) is 0 Å². The van der Waals surface area contributed by atoms with Gasteiger partial charge in [-0.05, 0) is 35.9 Å². The van der Waals surface area contributed by atoms with Crippen LogP contribution in [0, 0.1) is 0 Å². The average molecular weight is 380 g/mol. The van der Waals surface area contributed by atoms with Gasteiger partial charge in [0.15, 0.2) is 0 Å². The third kappa shape index (κ3) is 4.91. The lowest BCUT2D eigenvalue weighted by molar-refractivity contribution is -0.0258. The zero-order chi connectivity index (χ0) is 19.2. The Morgan fingerprint density at radius 3 is 2.50 bits per heavy atom. The zero-order valence-corrected chi connectivity index (χ0v) is 15.4. The first-order valence-corrected chi connectivity index (χ1v) is 8.97. The van der Waals surface area contributed by atoms with Gasteiger partial charge in [0.1, 0.15) is 0 Å². The number of carbonyl (C=O) groups excluding carboxylic acids is 1. The molecule has 10 heteroatoms. The third-order valence-corrected chi connectivity index (χ3v) is 5.16. The number of benzene rings is 1. The molecule has 9 nitrogen and oxygen atoms in total. The van der Waals surface area contributed by atoms with E-state index >= 15 is 0 Å². The second-order valence-corrected chi connectivity index (χ2v) is 7.07. The van der Waals surface area contributed by atoms with Crippen LogP contribution in [0.15, 0.2) is 47.5 Å². The minimum Gasteiger partial charge on any atom is -0.481 e. The lowest BCUT2D eigenvalue weighted by Gasteiger charge is -2.14. The summed E-state index contributed by atoms with van der Waals surface area (Å²) < 4.78 is 30.0. The summed E-state index contributed by atoms with van der Waals surface area (Å²) in [5.41, 5.74) is 1.28. The van der Waals surface area contributed by atoms with Gasteiger partial charge in [-0.15, -0.1) is 0 Å². The second kappa shape index (κ2) is 8.61. The molecule has 1 aromatic carbocycles. The van der Waals surface area contributed by atoms with E-state index in [1.165, 1.54) is 45.5 Å². The van der Waals surface area contributed by atoms with E-state index < -0.39 is 16.1 Å². The maximum Gasteiger partial charge on any atom is 0.319 e. The predicted molar refractivity (Wildman–Crippen MR) is 95.0 cm³/mol. The average Bonchev–Trinajstić information content (AvgIpc) is 2.66. The van der Waals surface area contributed by atoms with E-state index in [1.54, 1.807) is 18.3 Å². The van der Waals surface area contributed by atoms with Gasteiger partial charge in [-0.2, -0.15) is 0 Å². The highest BCUT2D eigenvalue weighted by Gasteiger charge is 2.20. The molecule has 0 saturated heterocycles. The maximum absolute atomic E-state index is 12.1. The summed E-state index contributed by atoms with van der Waals surface area (Å²) in [7, 11) is 0.347. The van der Waals surface area contributed by atoms with Crippen molar-refractivity contribution in [3.8, 4) is 5.88 Å². The van der Waals surface area contributed by atoms with Crippen LogP contribution in [0.5, 0.6) is 5.88 Å². The molecule has 140 valence electrons. The van der Waals surface area contributed by atoms with E-state index in [-0.39, 0.29) is 11.4 Å². The van der Waals surface area contributed by atoms with Crippen LogP contribution in [-0.4, -0.2) is 45.2 Å². The number of aromatic nitrogens is 1. The van der Waals surface area contributed by atoms with E-state index in [9.17, 15) is 13.2 Å². The topological polar surface area (TPSA) is 110 Å². The van der Waals surface area contributed by atoms with Crippen molar-refractivity contribution in [1.82, 2.24) is 14.8 Å². The number of rotatable bonds is 7. The van der Waals surface area contributed by atoms with E-state index in [4.69, 9.17) is 9.57 Å². The van der Waals surface area contributed by atoms with E-state index in [0.29, 0.717) is 11.6 Å². The monoisotopic (exact) mass is 380 g/mol. The van der Waals surface area contributed by atoms with Crippen molar-refractivity contribution in [1.29, 1.82) is 0 Å². The van der Waals surface area contributed by atoms with Gasteiger partial charge in [-0.25, -0.2) is 18.2 Å². The molecule has 2 amide bonds. The molecule has 2 aromatic rings. The van der Waals surface area contributed by atoms with Gasteiger partial charge in [-0.3, -0.25) is 4.84 Å². The molecular formula is C16H20N4O5S. The molecule has 0 aliphatic carbocycles. The molecule has 26 heavy (non-hydrogen) atoms. The van der Waals surface area contributed by atoms with Gasteiger partial charge < -0.3 is 15.4 Å². The molecule has 1 aromatic heterocycles. The largest absolute Gasteiger partial charge is 0.481 e. The Morgan fingerprint density at radius 2 is 1.88 bits per heavy atom. The number of nitrogens with zero attached hydrogens (tertiary/aromatic N) is 2. The Bertz CT molecular complexity index is 855. The number of sulfonamides is 1. The molecule has 1 heterocycles. The van der Waals surface area contributed by atoms with Crippen molar-refractivity contribution < 1.29 is 22.8 Å². The Morgan fingerprint density at radius 1 is 1.19 bits per heavy atom. The van der Waals surface area contributed by atoms with Gasteiger partial charge in [0.2, 0.25) is 5.88 Å². The molecule has 0 bridgehead atoms. The summed E-state index contributed by atoms with van der Waals surface area (Å²) in [5.74, 6) is 0.461. The number of urea groups is 1. The Hall–Kier alpha value is -2.69. The minimum absolute atomic E-state index is 0.0525. The van der Waals surface area contributed by atoms with E-state index in [0.717, 1.165) is 10.0 Å². The van der Waals surface area contributed by atoms with Crippen LogP contribution in [0.3, 0.4) is 0 Å². The standard InChI is InChI=1S/C16H20N4O5S/c1-20(25-3)26(22,23)14-6-4-13(5-7-14)19-16(21)18-11-12-8-9-17-15(10-12)24-2/h4-10H,11H2,1-3H3,(H2,18,19,21). The number of hydroxylamine groups is 1. The number of hydrogen-bond donors (Lipinski definition) is 2. The SMILES string of the molecule is COc1cc(CNC(=O)Nc2ccc(S(=O)(=O)N(C)OC)cc2)ccn1. The Labute approximate surface area is 151 Å². The summed E-state index contributed by atoms with van der Waals surface area (Å²) in [5, 5.41) is 5.32. The first-order valence-electron chi connectivity index (χ1n) is 7.53. The molecule has 0 radical (unpaired) electrons. The highest BCUT2D eigenvalue weighted by atomic mass is 32.2. The van der Waals surface area contributed by atoms with Gasteiger partial charge >= 0.3 is 6.03 Å². The molecule has 0 aliphatic heterocycles. The third-order valence-electron chi connectivity index (χ3n) is 3.47. The van der Waals surface area contributed by atoms with Gasteiger partial charge in [-0.1, -0.05) is 4.47 Å². The van der Waals surface area contributed by atoms with Crippen LogP contribution in [0.25, 0.3) is 0 Å². The summed E-state index contributed by atoms with van der Waals surface area (Å²) in [4.78, 5) is 20.7. The Kier molecular flexibility index (Phi) is 6.50. The zero-order valence-electron chi connectivity index (χ0n) is 14.6. The number of hydrogen-bond acceptors (Lipinski definition) is 6. The molecule has 0 atom stereocenters. The number of methoxy groups -OCH3 is 1. The lowest BCUT2D eigenvalue weighted by atomic mass is 10.2. The predicted octanol–water partition coefficient (Wildman–Crippen LogP) is 1.59. The first kappa shape index (κ1) is 19.6. The molecule has 0 aliphatic rings. The molecular weight excluding hydrogens is 360 g/mol. The lowest BCUT2D eigenvalue weighted by Crippen LogP contribution is -2.28. The highest BCUT2D eigenvalue weighted by molar-refractivity contribution is 7.89. The fourth-order valence-electron chi connectivity index (χ4n) is 1.99. The molecule has 2 N–H and O–H groups in total. The summed E-state index contributed by atoms with van der Waals surface area (Å²) in [6.07, 6.45) is 1.59. The number of carbonyl (C=O) groups is 1. The Balaban J connectivity index is 1.95. The molecule has 0 unspecified atom stereocenters. The normalized spacial score (nSPS) is 11.2. The van der Waals surface area contributed by atoms with Crippen molar-refractivity contribution in [2.24, 2.45) is 0 Å². The highest BCUT2D eigenvalue weighted by Crippen LogP contribution is 2.17. The number of anilines is 1. The van der Waals surface area contributed by atoms with Crippen LogP contribution in [0.4, 0.5) is 10.5 Å². The fourth-order valence-corrected chi connectivity index (χ4v) is 2.96. The van der Waals surface area contributed by atoms with Crippen molar-refractivity contribution in [2.45, 2.75) is 11.4 Å². The van der Waals surface area contributed by atoms with Crippen LogP contribution < -0.4 is 15.4 Å². The minimum atomic E-state index is -3.72. The van der Waals surface area contributed by atoms with Gasteiger partial charge in [0.25, 0.3) is 10.0 Å². The van der Waals surface area contributed by atoms with Crippen LogP contribution in [-0.2, 0) is 21.4 Å². The van der Waals surface area contributed by atoms with Crippen LogP contribution in [0.1, 0.15) is 5.56 Å². The number of ether oxygens (including phenoxy) is 1. The van der Waals surface area contributed by atoms with Crippen molar-refractivity contribution in [3.05, 3.63) is 48.2 Å².